The van der Waals surface area contributed by atoms with Gasteiger partial charge in [0.25, 0.3) is 5.91 Å². The summed E-state index contributed by atoms with van der Waals surface area (Å²) < 4.78 is 11.3. The molecule has 1 unspecified atom stereocenters. The maximum atomic E-state index is 12.5. The largest absolute Gasteiger partial charge is 0.486 e. The first-order chi connectivity index (χ1) is 14.7. The second-order valence-electron chi connectivity index (χ2n) is 8.34. The lowest BCUT2D eigenvalue weighted by atomic mass is 9.87. The van der Waals surface area contributed by atoms with Gasteiger partial charge < -0.3 is 19.4 Å². The van der Waals surface area contributed by atoms with Crippen LogP contribution in [0.15, 0.2) is 66.1 Å². The third kappa shape index (κ3) is 6.88. The molecule has 1 N–H and O–H groups in total. The summed E-state index contributed by atoms with van der Waals surface area (Å²) in [5.74, 6) is 0.684. The molecule has 0 aliphatic rings. The summed E-state index contributed by atoms with van der Waals surface area (Å²) in [5.41, 5.74) is 1.30. The topological polar surface area (TPSA) is 71.8 Å². The van der Waals surface area contributed by atoms with E-state index in [4.69, 9.17) is 9.15 Å². The zero-order valence-corrected chi connectivity index (χ0v) is 18.8. The predicted molar refractivity (Wildman–Crippen MR) is 122 cm³/mol. The summed E-state index contributed by atoms with van der Waals surface area (Å²) in [6, 6.07) is 10.5. The van der Waals surface area contributed by atoms with Gasteiger partial charge in [0.15, 0.2) is 5.76 Å². The maximum absolute atomic E-state index is 12.5. The Labute approximate surface area is 184 Å². The van der Waals surface area contributed by atoms with E-state index in [0.29, 0.717) is 18.8 Å². The zero-order valence-electron chi connectivity index (χ0n) is 18.8. The van der Waals surface area contributed by atoms with Gasteiger partial charge in [-0.15, -0.1) is 13.2 Å². The number of ether oxygens (including phenoxy) is 1. The number of amides is 2. The highest BCUT2D eigenvalue weighted by atomic mass is 16.5. The summed E-state index contributed by atoms with van der Waals surface area (Å²) in [6.45, 7) is 16.4. The van der Waals surface area contributed by atoms with Crippen LogP contribution in [0.3, 0.4) is 0 Å². The van der Waals surface area contributed by atoms with E-state index in [2.05, 4.69) is 39.2 Å². The molecule has 1 heterocycles. The highest BCUT2D eigenvalue weighted by molar-refractivity contribution is 5.95. The average molecular weight is 425 g/mol. The summed E-state index contributed by atoms with van der Waals surface area (Å²) in [6.07, 6.45) is 3.26. The first-order valence-corrected chi connectivity index (χ1v) is 10.3. The van der Waals surface area contributed by atoms with Crippen molar-refractivity contribution >= 4 is 11.8 Å². The SMILES string of the molecule is C=CCN(CC=C)C(=O)C(C)NC(=O)c1ccc(COc2ccc(C(C)(C)C)cc2)o1. The van der Waals surface area contributed by atoms with Crippen molar-refractivity contribution in [2.45, 2.75) is 45.8 Å². The Balaban J connectivity index is 1.92. The molecule has 0 spiro atoms. The van der Waals surface area contributed by atoms with E-state index >= 15 is 0 Å². The first kappa shape index (κ1) is 24.0. The van der Waals surface area contributed by atoms with Crippen LogP contribution in [0.4, 0.5) is 0 Å². The van der Waals surface area contributed by atoms with Gasteiger partial charge in [-0.2, -0.15) is 0 Å². The number of benzene rings is 1. The van der Waals surface area contributed by atoms with Gasteiger partial charge in [0.05, 0.1) is 0 Å². The number of rotatable bonds is 10. The summed E-state index contributed by atoms with van der Waals surface area (Å²) in [7, 11) is 0. The van der Waals surface area contributed by atoms with Crippen molar-refractivity contribution in [3.63, 3.8) is 0 Å². The van der Waals surface area contributed by atoms with Crippen LogP contribution in [-0.4, -0.2) is 35.8 Å². The number of nitrogens with one attached hydrogen (secondary N) is 1. The van der Waals surface area contributed by atoms with Crippen molar-refractivity contribution in [1.82, 2.24) is 10.2 Å². The molecule has 2 rings (SSSR count). The Kier molecular flexibility index (Phi) is 8.25. The van der Waals surface area contributed by atoms with Crippen LogP contribution in [0.1, 0.15) is 49.6 Å². The number of hydrogen-bond acceptors (Lipinski definition) is 4. The van der Waals surface area contributed by atoms with Crippen LogP contribution in [0.5, 0.6) is 5.75 Å². The predicted octanol–water partition coefficient (Wildman–Crippen LogP) is 4.48. The Morgan fingerprint density at radius 2 is 1.71 bits per heavy atom. The molecule has 0 aliphatic carbocycles. The quantitative estimate of drug-likeness (QED) is 0.571. The lowest BCUT2D eigenvalue weighted by molar-refractivity contribution is -0.131. The van der Waals surface area contributed by atoms with E-state index in [-0.39, 0.29) is 23.7 Å². The third-order valence-corrected chi connectivity index (χ3v) is 4.72. The Morgan fingerprint density at radius 1 is 1.10 bits per heavy atom. The van der Waals surface area contributed by atoms with Crippen LogP contribution in [0, 0.1) is 0 Å². The van der Waals surface area contributed by atoms with Crippen molar-refractivity contribution in [2.75, 3.05) is 13.1 Å². The van der Waals surface area contributed by atoms with Crippen molar-refractivity contribution in [1.29, 1.82) is 0 Å². The fourth-order valence-corrected chi connectivity index (χ4v) is 2.95. The number of hydrogen-bond donors (Lipinski definition) is 1. The molecular formula is C25H32N2O4. The van der Waals surface area contributed by atoms with Gasteiger partial charge in [-0.05, 0) is 42.2 Å². The molecule has 0 aliphatic heterocycles. The summed E-state index contributed by atoms with van der Waals surface area (Å²) >= 11 is 0. The van der Waals surface area contributed by atoms with Crippen LogP contribution < -0.4 is 10.1 Å². The van der Waals surface area contributed by atoms with E-state index in [1.807, 2.05) is 24.3 Å². The fourth-order valence-electron chi connectivity index (χ4n) is 2.95. The van der Waals surface area contributed by atoms with Crippen LogP contribution in [0.25, 0.3) is 0 Å². The van der Waals surface area contributed by atoms with Gasteiger partial charge in [-0.25, -0.2) is 0 Å². The summed E-state index contributed by atoms with van der Waals surface area (Å²) in [4.78, 5) is 26.5. The van der Waals surface area contributed by atoms with Gasteiger partial charge >= 0.3 is 0 Å². The van der Waals surface area contributed by atoms with Crippen molar-refractivity contribution in [3.05, 3.63) is 78.8 Å². The van der Waals surface area contributed by atoms with Crippen LogP contribution >= 0.6 is 0 Å². The van der Waals surface area contributed by atoms with Gasteiger partial charge in [-0.1, -0.05) is 45.1 Å². The summed E-state index contributed by atoms with van der Waals surface area (Å²) in [5, 5.41) is 2.67. The molecule has 2 amide bonds. The van der Waals surface area contributed by atoms with Gasteiger partial charge in [0.2, 0.25) is 5.91 Å². The van der Waals surface area contributed by atoms with Crippen molar-refractivity contribution in [2.24, 2.45) is 0 Å². The lowest BCUT2D eigenvalue weighted by Gasteiger charge is -2.23. The molecule has 31 heavy (non-hydrogen) atoms. The Hall–Kier alpha value is -3.28. The minimum atomic E-state index is -0.710. The normalized spacial score (nSPS) is 12.0. The number of nitrogens with zero attached hydrogens (tertiary/aromatic N) is 1. The van der Waals surface area contributed by atoms with Gasteiger partial charge in [0.1, 0.15) is 24.2 Å². The number of furan rings is 1. The second-order valence-corrected chi connectivity index (χ2v) is 8.34. The average Bonchev–Trinajstić information content (AvgIpc) is 3.20. The molecule has 0 fully saturated rings. The first-order valence-electron chi connectivity index (χ1n) is 10.3. The highest BCUT2D eigenvalue weighted by Gasteiger charge is 2.22. The number of carbonyl (C=O) groups is 2. The van der Waals surface area contributed by atoms with E-state index < -0.39 is 11.9 Å². The molecule has 6 nitrogen and oxygen atoms in total. The molecule has 0 saturated carbocycles. The standard InChI is InChI=1S/C25H32N2O4/c1-7-15-27(16-8-2)24(29)18(3)26-23(28)22-14-13-21(31-22)17-30-20-11-9-19(10-12-20)25(4,5)6/h7-14,18H,1-2,15-17H2,3-6H3,(H,26,28). The second kappa shape index (κ2) is 10.7. The molecule has 0 saturated heterocycles. The molecule has 0 radical (unpaired) electrons. The zero-order chi connectivity index (χ0) is 23.0. The lowest BCUT2D eigenvalue weighted by Crippen LogP contribution is -2.47. The molecule has 1 aromatic carbocycles. The number of carbonyl (C=O) groups excluding carboxylic acids is 2. The van der Waals surface area contributed by atoms with E-state index in [9.17, 15) is 9.59 Å². The van der Waals surface area contributed by atoms with Crippen LogP contribution in [-0.2, 0) is 16.8 Å². The molecule has 0 bridgehead atoms. The van der Waals surface area contributed by atoms with Gasteiger partial charge in [0, 0.05) is 13.1 Å². The molecule has 2 aromatic rings. The maximum Gasteiger partial charge on any atom is 0.287 e. The third-order valence-electron chi connectivity index (χ3n) is 4.72. The van der Waals surface area contributed by atoms with Crippen molar-refractivity contribution in [3.8, 4) is 5.75 Å². The fraction of sp³-hybridized carbons (Fsp3) is 0.360. The highest BCUT2D eigenvalue weighted by Crippen LogP contribution is 2.24. The van der Waals surface area contributed by atoms with Crippen LogP contribution in [0.2, 0.25) is 0 Å². The van der Waals surface area contributed by atoms with E-state index in [1.54, 1.807) is 36.1 Å². The van der Waals surface area contributed by atoms with Crippen molar-refractivity contribution < 1.29 is 18.7 Å². The van der Waals surface area contributed by atoms with E-state index in [0.717, 1.165) is 5.75 Å². The Morgan fingerprint density at radius 3 is 2.26 bits per heavy atom. The molecule has 1 aromatic heterocycles. The van der Waals surface area contributed by atoms with E-state index in [1.165, 1.54) is 5.56 Å². The minimum absolute atomic E-state index is 0.0781. The molecule has 1 atom stereocenters. The molecule has 6 heteroatoms. The molecular weight excluding hydrogens is 392 g/mol. The molecule has 166 valence electrons. The monoisotopic (exact) mass is 424 g/mol. The minimum Gasteiger partial charge on any atom is -0.486 e. The van der Waals surface area contributed by atoms with Gasteiger partial charge in [-0.3, -0.25) is 9.59 Å². The smallest absolute Gasteiger partial charge is 0.287 e. The Bertz CT molecular complexity index is 896.